The lowest BCUT2D eigenvalue weighted by Crippen LogP contribution is -2.15. The third-order valence-corrected chi connectivity index (χ3v) is 3.78. The van der Waals surface area contributed by atoms with Gasteiger partial charge in [0.25, 0.3) is 0 Å². The van der Waals surface area contributed by atoms with Gasteiger partial charge in [0.1, 0.15) is 0 Å². The van der Waals surface area contributed by atoms with Gasteiger partial charge in [-0.15, -0.1) is 0 Å². The van der Waals surface area contributed by atoms with Gasteiger partial charge in [0, 0.05) is 0 Å². The Balaban J connectivity index is 1.94. The number of hydrogen-bond donors (Lipinski definition) is 0. The molecule has 1 atom stereocenters. The molecule has 0 radical (unpaired) electrons. The molecule has 0 heterocycles. The molecule has 2 rings (SSSR count). The minimum Gasteiger partial charge on any atom is -0.198 e. The van der Waals surface area contributed by atoms with Crippen molar-refractivity contribution in [2.75, 3.05) is 0 Å². The molecule has 0 saturated heterocycles. The van der Waals surface area contributed by atoms with E-state index in [2.05, 4.69) is 31.2 Å². The standard InChI is InChI=1S/C14H19N/c1-11-2-6-13(7-3-11)14-8-4-12(10-15)5-9-14/h4,8-9,11-13H,2-3,5-7H2,1H3. The van der Waals surface area contributed by atoms with Crippen LogP contribution in [-0.4, -0.2) is 0 Å². The molecular weight excluding hydrogens is 182 g/mol. The number of hydrogen-bond acceptors (Lipinski definition) is 1. The third-order valence-electron chi connectivity index (χ3n) is 3.78. The lowest BCUT2D eigenvalue weighted by Gasteiger charge is -2.28. The molecule has 1 saturated carbocycles. The van der Waals surface area contributed by atoms with E-state index >= 15 is 0 Å². The van der Waals surface area contributed by atoms with Crippen LogP contribution in [0.25, 0.3) is 0 Å². The van der Waals surface area contributed by atoms with Crippen molar-refractivity contribution >= 4 is 0 Å². The van der Waals surface area contributed by atoms with Gasteiger partial charge < -0.3 is 0 Å². The molecule has 0 bridgehead atoms. The molecule has 80 valence electrons. The van der Waals surface area contributed by atoms with Gasteiger partial charge in [-0.2, -0.15) is 5.26 Å². The Morgan fingerprint density at radius 1 is 1.27 bits per heavy atom. The molecule has 1 unspecified atom stereocenters. The second kappa shape index (κ2) is 4.66. The maximum atomic E-state index is 8.79. The minimum atomic E-state index is 0.122. The summed E-state index contributed by atoms with van der Waals surface area (Å²) < 4.78 is 0. The first-order valence-electron chi connectivity index (χ1n) is 6.07. The average molecular weight is 201 g/mol. The summed E-state index contributed by atoms with van der Waals surface area (Å²) in [6, 6.07) is 2.30. The van der Waals surface area contributed by atoms with E-state index in [0.29, 0.717) is 0 Å². The van der Waals surface area contributed by atoms with Crippen molar-refractivity contribution in [1.29, 1.82) is 5.26 Å². The van der Waals surface area contributed by atoms with E-state index in [1.54, 1.807) is 0 Å². The molecule has 0 aromatic rings. The number of allylic oxidation sites excluding steroid dienone is 4. The fraction of sp³-hybridized carbons (Fsp3) is 0.643. The average Bonchev–Trinajstić information content (AvgIpc) is 2.30. The Hall–Kier alpha value is -1.03. The maximum Gasteiger partial charge on any atom is 0.0700 e. The monoisotopic (exact) mass is 201 g/mol. The van der Waals surface area contributed by atoms with E-state index in [0.717, 1.165) is 18.3 Å². The highest BCUT2D eigenvalue weighted by molar-refractivity contribution is 5.28. The van der Waals surface area contributed by atoms with Crippen molar-refractivity contribution in [3.8, 4) is 6.07 Å². The van der Waals surface area contributed by atoms with Gasteiger partial charge in [-0.3, -0.25) is 0 Å². The van der Waals surface area contributed by atoms with Crippen LogP contribution < -0.4 is 0 Å². The Morgan fingerprint density at radius 3 is 2.53 bits per heavy atom. The van der Waals surface area contributed by atoms with Gasteiger partial charge in [-0.25, -0.2) is 0 Å². The minimum absolute atomic E-state index is 0.122. The van der Waals surface area contributed by atoms with E-state index in [9.17, 15) is 0 Å². The highest BCUT2D eigenvalue weighted by atomic mass is 14.3. The summed E-state index contributed by atoms with van der Waals surface area (Å²) in [5, 5.41) is 8.79. The zero-order valence-corrected chi connectivity index (χ0v) is 9.45. The van der Waals surface area contributed by atoms with Crippen LogP contribution in [0, 0.1) is 29.1 Å². The topological polar surface area (TPSA) is 23.8 Å². The predicted molar refractivity (Wildman–Crippen MR) is 62.1 cm³/mol. The quantitative estimate of drug-likeness (QED) is 0.632. The lowest BCUT2D eigenvalue weighted by atomic mass is 9.77. The molecule has 1 heteroatoms. The van der Waals surface area contributed by atoms with E-state index in [1.807, 2.05) is 0 Å². The van der Waals surface area contributed by atoms with Crippen LogP contribution in [0.1, 0.15) is 39.0 Å². The van der Waals surface area contributed by atoms with E-state index in [1.165, 1.54) is 31.3 Å². The summed E-state index contributed by atoms with van der Waals surface area (Å²) in [5.74, 6) is 1.81. The van der Waals surface area contributed by atoms with Gasteiger partial charge in [0.2, 0.25) is 0 Å². The van der Waals surface area contributed by atoms with Crippen LogP contribution in [0.15, 0.2) is 23.8 Å². The van der Waals surface area contributed by atoms with Crippen molar-refractivity contribution in [2.45, 2.75) is 39.0 Å². The molecule has 2 aliphatic carbocycles. The van der Waals surface area contributed by atoms with E-state index < -0.39 is 0 Å². The highest BCUT2D eigenvalue weighted by Gasteiger charge is 2.21. The predicted octanol–water partition coefficient (Wildman–Crippen LogP) is 3.84. The van der Waals surface area contributed by atoms with E-state index in [4.69, 9.17) is 5.26 Å². The third kappa shape index (κ3) is 2.50. The smallest absolute Gasteiger partial charge is 0.0700 e. The maximum absolute atomic E-state index is 8.79. The molecule has 0 N–H and O–H groups in total. The largest absolute Gasteiger partial charge is 0.198 e. The van der Waals surface area contributed by atoms with Gasteiger partial charge in [0.15, 0.2) is 0 Å². The molecule has 0 amide bonds. The first kappa shape index (κ1) is 10.5. The zero-order valence-electron chi connectivity index (χ0n) is 9.45. The van der Waals surface area contributed by atoms with Crippen molar-refractivity contribution in [1.82, 2.24) is 0 Å². The van der Waals surface area contributed by atoms with Gasteiger partial charge in [-0.05, 0) is 36.7 Å². The second-order valence-electron chi connectivity index (χ2n) is 4.99. The molecule has 0 spiro atoms. The number of rotatable bonds is 1. The van der Waals surface area contributed by atoms with Gasteiger partial charge in [0.05, 0.1) is 12.0 Å². The van der Waals surface area contributed by atoms with Crippen LogP contribution >= 0.6 is 0 Å². The highest BCUT2D eigenvalue weighted by Crippen LogP contribution is 2.35. The molecule has 15 heavy (non-hydrogen) atoms. The molecule has 0 aromatic heterocycles. The summed E-state index contributed by atoms with van der Waals surface area (Å²) in [6.07, 6.45) is 12.9. The summed E-state index contributed by atoms with van der Waals surface area (Å²) in [4.78, 5) is 0. The summed E-state index contributed by atoms with van der Waals surface area (Å²) in [6.45, 7) is 2.35. The van der Waals surface area contributed by atoms with Crippen LogP contribution in [0.5, 0.6) is 0 Å². The molecule has 0 aliphatic heterocycles. The Labute approximate surface area is 92.5 Å². The first-order valence-corrected chi connectivity index (χ1v) is 6.07. The van der Waals surface area contributed by atoms with Crippen LogP contribution in [0.2, 0.25) is 0 Å². The van der Waals surface area contributed by atoms with Crippen molar-refractivity contribution in [2.24, 2.45) is 17.8 Å². The molecule has 0 aromatic carbocycles. The fourth-order valence-corrected chi connectivity index (χ4v) is 2.63. The fourth-order valence-electron chi connectivity index (χ4n) is 2.63. The Morgan fingerprint density at radius 2 is 2.00 bits per heavy atom. The second-order valence-corrected chi connectivity index (χ2v) is 4.99. The molecule has 2 aliphatic rings. The number of nitrogens with zero attached hydrogens (tertiary/aromatic N) is 1. The van der Waals surface area contributed by atoms with Crippen LogP contribution in [0.3, 0.4) is 0 Å². The van der Waals surface area contributed by atoms with Gasteiger partial charge >= 0.3 is 0 Å². The summed E-state index contributed by atoms with van der Waals surface area (Å²) >= 11 is 0. The number of nitriles is 1. The summed E-state index contributed by atoms with van der Waals surface area (Å²) in [7, 11) is 0. The molecule has 1 fully saturated rings. The zero-order chi connectivity index (χ0) is 10.7. The lowest BCUT2D eigenvalue weighted by molar-refractivity contribution is 0.322. The van der Waals surface area contributed by atoms with Crippen LogP contribution in [-0.2, 0) is 0 Å². The van der Waals surface area contributed by atoms with Crippen LogP contribution in [0.4, 0.5) is 0 Å². The van der Waals surface area contributed by atoms with Gasteiger partial charge in [-0.1, -0.05) is 38.0 Å². The van der Waals surface area contributed by atoms with Crippen molar-refractivity contribution in [3.05, 3.63) is 23.8 Å². The van der Waals surface area contributed by atoms with E-state index in [-0.39, 0.29) is 5.92 Å². The Bertz CT molecular complexity index is 311. The van der Waals surface area contributed by atoms with Crippen molar-refractivity contribution in [3.63, 3.8) is 0 Å². The molecule has 1 nitrogen and oxygen atoms in total. The normalized spacial score (nSPS) is 35.7. The van der Waals surface area contributed by atoms with Crippen molar-refractivity contribution < 1.29 is 0 Å². The first-order chi connectivity index (χ1) is 7.29. The SMILES string of the molecule is CC1CCC(C2=CCC(C#N)C=C2)CC1. The molecular formula is C14H19N. The Kier molecular flexibility index (Phi) is 3.26. The summed E-state index contributed by atoms with van der Waals surface area (Å²) in [5.41, 5.74) is 1.49.